The number of ether oxygens (including phenoxy) is 1. The van der Waals surface area contributed by atoms with Crippen LogP contribution in [0.2, 0.25) is 0 Å². The number of hydrogen-bond donors (Lipinski definition) is 1. The lowest BCUT2D eigenvalue weighted by Crippen LogP contribution is -2.56. The number of amides is 1. The summed E-state index contributed by atoms with van der Waals surface area (Å²) in [7, 11) is 0. The molecule has 2 heterocycles. The molecular weight excluding hydrogens is 242 g/mol. The molecule has 2 rings (SSSR count). The zero-order chi connectivity index (χ0) is 13.8. The monoisotopic (exact) mass is 269 g/mol. The Balaban J connectivity index is 1.96. The van der Waals surface area contributed by atoms with E-state index in [1.54, 1.807) is 0 Å². The third-order valence-corrected chi connectivity index (χ3v) is 4.48. The van der Waals surface area contributed by atoms with Gasteiger partial charge >= 0.3 is 0 Å². The topological polar surface area (TPSA) is 58.8 Å². The first-order valence-corrected chi connectivity index (χ1v) is 7.45. The van der Waals surface area contributed by atoms with Crippen LogP contribution in [0.4, 0.5) is 0 Å². The molecule has 5 heteroatoms. The molecule has 110 valence electrons. The first kappa shape index (κ1) is 14.8. The second-order valence-corrected chi connectivity index (χ2v) is 5.88. The third kappa shape index (κ3) is 3.46. The molecule has 19 heavy (non-hydrogen) atoms. The summed E-state index contributed by atoms with van der Waals surface area (Å²) in [4.78, 5) is 16.9. The van der Waals surface area contributed by atoms with Crippen molar-refractivity contribution in [3.05, 3.63) is 0 Å². The molecule has 2 N–H and O–H groups in total. The molecule has 0 radical (unpaired) electrons. The molecule has 1 amide bonds. The molecule has 3 unspecified atom stereocenters. The van der Waals surface area contributed by atoms with E-state index in [1.165, 1.54) is 0 Å². The molecule has 2 fully saturated rings. The van der Waals surface area contributed by atoms with Gasteiger partial charge in [0.1, 0.15) is 0 Å². The van der Waals surface area contributed by atoms with E-state index >= 15 is 0 Å². The third-order valence-electron chi connectivity index (χ3n) is 4.48. The first-order valence-electron chi connectivity index (χ1n) is 7.45. The molecule has 0 aliphatic carbocycles. The van der Waals surface area contributed by atoms with E-state index in [9.17, 15) is 4.79 Å². The Labute approximate surface area is 116 Å². The van der Waals surface area contributed by atoms with Crippen LogP contribution in [-0.4, -0.2) is 67.2 Å². The number of carbonyl (C=O) groups excluding carboxylic acids is 1. The predicted molar refractivity (Wildman–Crippen MR) is 74.8 cm³/mol. The van der Waals surface area contributed by atoms with E-state index in [0.29, 0.717) is 12.5 Å². The number of nitrogens with two attached hydrogens (primary N) is 1. The van der Waals surface area contributed by atoms with Crippen molar-refractivity contribution in [2.75, 3.05) is 39.4 Å². The Morgan fingerprint density at radius 2 is 2.05 bits per heavy atom. The normalized spacial score (nSPS) is 31.2. The Kier molecular flexibility index (Phi) is 5.19. The second-order valence-electron chi connectivity index (χ2n) is 5.88. The highest BCUT2D eigenvalue weighted by atomic mass is 16.5. The highest BCUT2D eigenvalue weighted by molar-refractivity contribution is 5.82. The summed E-state index contributed by atoms with van der Waals surface area (Å²) in [6, 6.07) is 0.172. The molecule has 0 spiro atoms. The van der Waals surface area contributed by atoms with Crippen molar-refractivity contribution in [1.82, 2.24) is 9.80 Å². The van der Waals surface area contributed by atoms with Gasteiger partial charge < -0.3 is 15.4 Å². The molecule has 0 aromatic carbocycles. The van der Waals surface area contributed by atoms with Gasteiger partial charge in [0.2, 0.25) is 5.91 Å². The maximum atomic E-state index is 12.7. The Morgan fingerprint density at radius 3 is 2.68 bits per heavy atom. The van der Waals surface area contributed by atoms with Gasteiger partial charge in [0.05, 0.1) is 19.3 Å². The highest BCUT2D eigenvalue weighted by Crippen LogP contribution is 2.23. The standard InChI is InChI=1S/C14H27N3O2/c1-11-3-4-17(13(9-11)10-15)14(18)12(2)16-5-7-19-8-6-16/h11-13H,3-10,15H2,1-2H3. The molecule has 0 bridgehead atoms. The largest absolute Gasteiger partial charge is 0.379 e. The van der Waals surface area contributed by atoms with Crippen molar-refractivity contribution >= 4 is 5.91 Å². The van der Waals surface area contributed by atoms with Crippen molar-refractivity contribution < 1.29 is 9.53 Å². The summed E-state index contributed by atoms with van der Waals surface area (Å²) in [5, 5.41) is 0. The fourth-order valence-electron chi connectivity index (χ4n) is 3.13. The summed E-state index contributed by atoms with van der Waals surface area (Å²) in [6.07, 6.45) is 2.14. The average Bonchev–Trinajstić information content (AvgIpc) is 2.46. The summed E-state index contributed by atoms with van der Waals surface area (Å²) in [6.45, 7) is 8.86. The van der Waals surface area contributed by atoms with Crippen LogP contribution < -0.4 is 5.73 Å². The van der Waals surface area contributed by atoms with Crippen LogP contribution in [0.5, 0.6) is 0 Å². The average molecular weight is 269 g/mol. The minimum absolute atomic E-state index is 0.0497. The molecule has 0 aromatic rings. The molecule has 0 aromatic heterocycles. The van der Waals surface area contributed by atoms with E-state index in [0.717, 1.165) is 45.7 Å². The fourth-order valence-corrected chi connectivity index (χ4v) is 3.13. The van der Waals surface area contributed by atoms with Gasteiger partial charge in [-0.3, -0.25) is 9.69 Å². The van der Waals surface area contributed by atoms with Gasteiger partial charge in [-0.1, -0.05) is 6.92 Å². The Morgan fingerprint density at radius 1 is 1.37 bits per heavy atom. The minimum atomic E-state index is -0.0497. The number of hydrogen-bond acceptors (Lipinski definition) is 4. The van der Waals surface area contributed by atoms with Crippen molar-refractivity contribution in [1.29, 1.82) is 0 Å². The number of rotatable bonds is 3. The van der Waals surface area contributed by atoms with Crippen LogP contribution in [0.15, 0.2) is 0 Å². The van der Waals surface area contributed by atoms with Crippen LogP contribution in [0.25, 0.3) is 0 Å². The van der Waals surface area contributed by atoms with E-state index in [-0.39, 0.29) is 18.0 Å². The van der Waals surface area contributed by atoms with Gasteiger partial charge in [0.25, 0.3) is 0 Å². The van der Waals surface area contributed by atoms with Crippen molar-refractivity contribution in [2.45, 2.75) is 38.8 Å². The lowest BCUT2D eigenvalue weighted by atomic mass is 9.92. The fraction of sp³-hybridized carbons (Fsp3) is 0.929. The zero-order valence-electron chi connectivity index (χ0n) is 12.2. The van der Waals surface area contributed by atoms with Gasteiger partial charge in [-0.2, -0.15) is 0 Å². The van der Waals surface area contributed by atoms with Crippen LogP contribution in [-0.2, 0) is 9.53 Å². The molecule has 2 aliphatic heterocycles. The van der Waals surface area contributed by atoms with Gasteiger partial charge in [-0.15, -0.1) is 0 Å². The van der Waals surface area contributed by atoms with Crippen LogP contribution in [0, 0.1) is 5.92 Å². The summed E-state index contributed by atoms with van der Waals surface area (Å²) in [5.74, 6) is 0.917. The maximum absolute atomic E-state index is 12.7. The number of likely N-dealkylation sites (tertiary alicyclic amines) is 1. The molecule has 2 aliphatic rings. The molecule has 2 saturated heterocycles. The van der Waals surface area contributed by atoms with Crippen molar-refractivity contribution in [3.63, 3.8) is 0 Å². The van der Waals surface area contributed by atoms with Crippen molar-refractivity contribution in [3.8, 4) is 0 Å². The SMILES string of the molecule is CC1CCN(C(=O)C(C)N2CCOCC2)C(CN)C1. The number of nitrogens with zero attached hydrogens (tertiary/aromatic N) is 2. The predicted octanol–water partition coefficient (Wildman–Crippen LogP) is 0.293. The second kappa shape index (κ2) is 6.68. The summed E-state index contributed by atoms with van der Waals surface area (Å²) in [5.41, 5.74) is 5.84. The van der Waals surface area contributed by atoms with Crippen molar-refractivity contribution in [2.24, 2.45) is 11.7 Å². The lowest BCUT2D eigenvalue weighted by Gasteiger charge is -2.41. The summed E-state index contributed by atoms with van der Waals surface area (Å²) >= 11 is 0. The van der Waals surface area contributed by atoms with E-state index in [1.807, 2.05) is 11.8 Å². The van der Waals surface area contributed by atoms with E-state index < -0.39 is 0 Å². The van der Waals surface area contributed by atoms with E-state index in [2.05, 4.69) is 11.8 Å². The number of morpholine rings is 1. The highest BCUT2D eigenvalue weighted by Gasteiger charge is 2.33. The van der Waals surface area contributed by atoms with E-state index in [4.69, 9.17) is 10.5 Å². The number of piperidine rings is 1. The van der Waals surface area contributed by atoms with Crippen LogP contribution in [0.1, 0.15) is 26.7 Å². The Bertz CT molecular complexity index is 305. The van der Waals surface area contributed by atoms with Gasteiger partial charge in [-0.05, 0) is 25.7 Å². The molecule has 0 saturated carbocycles. The maximum Gasteiger partial charge on any atom is 0.239 e. The summed E-state index contributed by atoms with van der Waals surface area (Å²) < 4.78 is 5.34. The molecule has 3 atom stereocenters. The quantitative estimate of drug-likeness (QED) is 0.800. The van der Waals surface area contributed by atoms with Crippen LogP contribution in [0.3, 0.4) is 0 Å². The first-order chi connectivity index (χ1) is 9.13. The number of carbonyl (C=O) groups is 1. The van der Waals surface area contributed by atoms with Gasteiger partial charge in [-0.25, -0.2) is 0 Å². The smallest absolute Gasteiger partial charge is 0.239 e. The van der Waals surface area contributed by atoms with Gasteiger partial charge in [0.15, 0.2) is 0 Å². The zero-order valence-corrected chi connectivity index (χ0v) is 12.2. The Hall–Kier alpha value is -0.650. The van der Waals surface area contributed by atoms with Gasteiger partial charge in [0, 0.05) is 32.2 Å². The molecular formula is C14H27N3O2. The van der Waals surface area contributed by atoms with Crippen LogP contribution >= 0.6 is 0 Å². The lowest BCUT2D eigenvalue weighted by molar-refractivity contribution is -0.142. The minimum Gasteiger partial charge on any atom is -0.379 e. The molecule has 5 nitrogen and oxygen atoms in total.